The van der Waals surface area contributed by atoms with Crippen LogP contribution in [0.25, 0.3) is 11.0 Å². The normalized spacial score (nSPS) is 23.6. The molecule has 102 valence electrons. The Morgan fingerprint density at radius 2 is 2.16 bits per heavy atom. The van der Waals surface area contributed by atoms with Gasteiger partial charge in [0.1, 0.15) is 0 Å². The van der Waals surface area contributed by atoms with Crippen LogP contribution in [0.3, 0.4) is 0 Å². The monoisotopic (exact) mass is 278 g/mol. The van der Waals surface area contributed by atoms with Gasteiger partial charge in [-0.1, -0.05) is 6.42 Å². The van der Waals surface area contributed by atoms with Gasteiger partial charge in [-0.2, -0.15) is 11.8 Å². The molecule has 6 heteroatoms. The number of rotatable bonds is 3. The molecule has 19 heavy (non-hydrogen) atoms. The molecular weight excluding hydrogens is 260 g/mol. The highest BCUT2D eigenvalue weighted by Crippen LogP contribution is 2.31. The van der Waals surface area contributed by atoms with Crippen molar-refractivity contribution < 1.29 is 4.63 Å². The highest BCUT2D eigenvalue weighted by Gasteiger charge is 2.22. The lowest BCUT2D eigenvalue weighted by atomic mass is 9.94. The van der Waals surface area contributed by atoms with Crippen LogP contribution in [-0.4, -0.2) is 27.9 Å². The van der Waals surface area contributed by atoms with E-state index in [2.05, 4.69) is 21.9 Å². The van der Waals surface area contributed by atoms with Gasteiger partial charge in [-0.3, -0.25) is 0 Å². The lowest BCUT2D eigenvalue weighted by Crippen LogP contribution is -2.28. The fraction of sp³-hybridized carbons (Fsp3) is 0.538. The summed E-state index contributed by atoms with van der Waals surface area (Å²) in [6, 6.07) is 4.31. The molecular formula is C13H18N4OS. The minimum Gasteiger partial charge on any atom is -0.397 e. The summed E-state index contributed by atoms with van der Waals surface area (Å²) in [6.45, 7) is 0. The van der Waals surface area contributed by atoms with E-state index in [4.69, 9.17) is 10.4 Å². The van der Waals surface area contributed by atoms with Crippen molar-refractivity contribution in [3.05, 3.63) is 12.1 Å². The Balaban J connectivity index is 1.81. The molecule has 2 atom stereocenters. The van der Waals surface area contributed by atoms with E-state index in [0.717, 1.165) is 16.5 Å². The van der Waals surface area contributed by atoms with Crippen molar-refractivity contribution in [3.63, 3.8) is 0 Å². The average molecular weight is 278 g/mol. The van der Waals surface area contributed by atoms with Crippen molar-refractivity contribution in [1.82, 2.24) is 10.3 Å². The molecule has 1 aromatic heterocycles. The van der Waals surface area contributed by atoms with Crippen molar-refractivity contribution >= 4 is 34.2 Å². The van der Waals surface area contributed by atoms with Gasteiger partial charge in [0.2, 0.25) is 0 Å². The number of hydrogen-bond acceptors (Lipinski definition) is 6. The third-order valence-electron chi connectivity index (χ3n) is 3.77. The van der Waals surface area contributed by atoms with Crippen LogP contribution in [0, 0.1) is 0 Å². The molecule has 5 nitrogen and oxygen atoms in total. The Hall–Kier alpha value is -1.43. The van der Waals surface area contributed by atoms with Gasteiger partial charge < -0.3 is 11.1 Å². The molecule has 1 heterocycles. The number of hydrogen-bond donors (Lipinski definition) is 2. The number of nitrogens with zero attached hydrogens (tertiary/aromatic N) is 2. The number of nitrogens with one attached hydrogen (secondary N) is 1. The summed E-state index contributed by atoms with van der Waals surface area (Å²) in [6.07, 6.45) is 7.18. The van der Waals surface area contributed by atoms with Crippen LogP contribution < -0.4 is 11.1 Å². The fourth-order valence-corrected chi connectivity index (χ4v) is 3.54. The average Bonchev–Trinajstić information content (AvgIpc) is 2.93. The quantitative estimate of drug-likeness (QED) is 0.841. The number of fused-ring (bicyclic) bond motifs is 1. The van der Waals surface area contributed by atoms with Crippen LogP contribution >= 0.6 is 11.8 Å². The van der Waals surface area contributed by atoms with Gasteiger partial charge >= 0.3 is 0 Å². The molecule has 0 amide bonds. The van der Waals surface area contributed by atoms with E-state index >= 15 is 0 Å². The van der Waals surface area contributed by atoms with E-state index in [1.807, 2.05) is 23.9 Å². The summed E-state index contributed by atoms with van der Waals surface area (Å²) in [5.41, 5.74) is 8.80. The SMILES string of the molecule is CSC1CCCC(Nc2ccc(N)c3nonc23)C1. The topological polar surface area (TPSA) is 77.0 Å². The first-order valence-electron chi connectivity index (χ1n) is 6.58. The van der Waals surface area contributed by atoms with E-state index in [1.54, 1.807) is 0 Å². The van der Waals surface area contributed by atoms with Crippen molar-refractivity contribution in [3.8, 4) is 0 Å². The van der Waals surface area contributed by atoms with Crippen molar-refractivity contribution in [2.24, 2.45) is 0 Å². The summed E-state index contributed by atoms with van der Waals surface area (Å²) in [4.78, 5) is 0. The first-order valence-corrected chi connectivity index (χ1v) is 7.87. The number of anilines is 2. The van der Waals surface area contributed by atoms with E-state index in [0.29, 0.717) is 17.2 Å². The minimum atomic E-state index is 0.495. The Bertz CT molecular complexity index is 571. The second-order valence-electron chi connectivity index (χ2n) is 5.03. The van der Waals surface area contributed by atoms with Gasteiger partial charge in [0.15, 0.2) is 11.0 Å². The minimum absolute atomic E-state index is 0.495. The van der Waals surface area contributed by atoms with Crippen LogP contribution in [0.5, 0.6) is 0 Å². The first-order chi connectivity index (χ1) is 9.28. The van der Waals surface area contributed by atoms with Crippen LogP contribution in [-0.2, 0) is 0 Å². The number of aromatic nitrogens is 2. The van der Waals surface area contributed by atoms with E-state index in [1.165, 1.54) is 25.7 Å². The van der Waals surface area contributed by atoms with Crippen molar-refractivity contribution in [2.45, 2.75) is 37.0 Å². The summed E-state index contributed by atoms with van der Waals surface area (Å²) in [5, 5.41) is 12.1. The van der Waals surface area contributed by atoms with Crippen LogP contribution in [0.1, 0.15) is 25.7 Å². The molecule has 0 bridgehead atoms. The molecule has 3 rings (SSSR count). The van der Waals surface area contributed by atoms with Gasteiger partial charge in [-0.05, 0) is 48.0 Å². The maximum atomic E-state index is 5.85. The molecule has 3 N–H and O–H groups in total. The predicted molar refractivity (Wildman–Crippen MR) is 79.4 cm³/mol. The van der Waals surface area contributed by atoms with Crippen molar-refractivity contribution in [2.75, 3.05) is 17.3 Å². The molecule has 0 spiro atoms. The second-order valence-corrected chi connectivity index (χ2v) is 6.17. The van der Waals surface area contributed by atoms with Crippen molar-refractivity contribution in [1.29, 1.82) is 0 Å². The van der Waals surface area contributed by atoms with Gasteiger partial charge in [0, 0.05) is 11.3 Å². The molecule has 0 radical (unpaired) electrons. The molecule has 1 aliphatic carbocycles. The zero-order valence-corrected chi connectivity index (χ0v) is 11.7. The highest BCUT2D eigenvalue weighted by molar-refractivity contribution is 7.99. The number of nitrogens with two attached hydrogens (primary N) is 1. The third kappa shape index (κ3) is 2.49. The van der Waals surface area contributed by atoms with Gasteiger partial charge in [-0.25, -0.2) is 4.63 Å². The molecule has 0 saturated heterocycles. The number of thioether (sulfide) groups is 1. The lowest BCUT2D eigenvalue weighted by Gasteiger charge is -2.29. The van der Waals surface area contributed by atoms with E-state index in [-0.39, 0.29) is 0 Å². The standard InChI is InChI=1S/C13H18N4OS/c1-19-9-4-2-3-8(7-9)15-11-6-5-10(14)12-13(11)17-18-16-12/h5-6,8-9,15H,2-4,7,14H2,1H3. The third-order valence-corrected chi connectivity index (χ3v) is 4.86. The highest BCUT2D eigenvalue weighted by atomic mass is 32.2. The Morgan fingerprint density at radius 3 is 3.00 bits per heavy atom. The number of nitrogen functional groups attached to an aromatic ring is 1. The lowest BCUT2D eigenvalue weighted by molar-refractivity contribution is 0.315. The molecule has 1 aliphatic rings. The summed E-state index contributed by atoms with van der Waals surface area (Å²) in [5.74, 6) is 0. The van der Waals surface area contributed by atoms with Gasteiger partial charge in [0.25, 0.3) is 0 Å². The molecule has 0 aliphatic heterocycles. The smallest absolute Gasteiger partial charge is 0.160 e. The van der Waals surface area contributed by atoms with Crippen LogP contribution in [0.2, 0.25) is 0 Å². The van der Waals surface area contributed by atoms with Crippen LogP contribution in [0.15, 0.2) is 16.8 Å². The molecule has 1 fully saturated rings. The van der Waals surface area contributed by atoms with E-state index < -0.39 is 0 Å². The molecule has 2 aromatic rings. The summed E-state index contributed by atoms with van der Waals surface area (Å²) >= 11 is 1.96. The zero-order chi connectivity index (χ0) is 13.2. The maximum Gasteiger partial charge on any atom is 0.160 e. The van der Waals surface area contributed by atoms with Gasteiger partial charge in [-0.15, -0.1) is 0 Å². The molecule has 1 aromatic carbocycles. The summed E-state index contributed by atoms with van der Waals surface area (Å²) < 4.78 is 4.79. The Kier molecular flexibility index (Phi) is 3.50. The largest absolute Gasteiger partial charge is 0.397 e. The predicted octanol–water partition coefficient (Wildman–Crippen LogP) is 2.89. The Morgan fingerprint density at radius 1 is 1.32 bits per heavy atom. The second kappa shape index (κ2) is 5.28. The summed E-state index contributed by atoms with van der Waals surface area (Å²) in [7, 11) is 0. The zero-order valence-electron chi connectivity index (χ0n) is 10.9. The fourth-order valence-electron chi connectivity index (χ4n) is 2.71. The molecule has 2 unspecified atom stereocenters. The first kappa shape index (κ1) is 12.6. The van der Waals surface area contributed by atoms with E-state index in [9.17, 15) is 0 Å². The maximum absolute atomic E-state index is 5.85. The van der Waals surface area contributed by atoms with Gasteiger partial charge in [0.05, 0.1) is 11.4 Å². The Labute approximate surface area is 116 Å². The molecule has 1 saturated carbocycles. The van der Waals surface area contributed by atoms with Crippen LogP contribution in [0.4, 0.5) is 11.4 Å². The number of benzene rings is 1.